The van der Waals surface area contributed by atoms with Gasteiger partial charge in [0.05, 0.1) is 0 Å². The highest BCUT2D eigenvalue weighted by molar-refractivity contribution is 7.99. The van der Waals surface area contributed by atoms with E-state index in [0.717, 1.165) is 23.3 Å². The Kier molecular flexibility index (Phi) is 5.68. The first-order valence-electron chi connectivity index (χ1n) is 7.67. The number of hydrogen-bond donors (Lipinski definition) is 1. The third kappa shape index (κ3) is 4.17. The lowest BCUT2D eigenvalue weighted by molar-refractivity contribution is 0.395. The molecule has 2 aliphatic carbocycles. The zero-order valence-electron chi connectivity index (χ0n) is 11.6. The molecule has 17 heavy (non-hydrogen) atoms. The Morgan fingerprint density at radius 2 is 1.82 bits per heavy atom. The first kappa shape index (κ1) is 13.7. The van der Waals surface area contributed by atoms with Crippen LogP contribution in [-0.2, 0) is 0 Å². The molecule has 0 aliphatic heterocycles. The van der Waals surface area contributed by atoms with Gasteiger partial charge in [-0.1, -0.05) is 33.1 Å². The Morgan fingerprint density at radius 3 is 2.65 bits per heavy atom. The van der Waals surface area contributed by atoms with Crippen molar-refractivity contribution in [2.75, 3.05) is 5.75 Å². The summed E-state index contributed by atoms with van der Waals surface area (Å²) in [5.41, 5.74) is 0. The second kappa shape index (κ2) is 7.04. The molecular weight excluding hydrogens is 226 g/mol. The molecule has 0 saturated heterocycles. The van der Waals surface area contributed by atoms with Crippen LogP contribution in [0.25, 0.3) is 0 Å². The summed E-state index contributed by atoms with van der Waals surface area (Å²) in [6.45, 7) is 4.72. The fraction of sp³-hybridized carbons (Fsp3) is 1.00. The summed E-state index contributed by atoms with van der Waals surface area (Å²) < 4.78 is 0. The van der Waals surface area contributed by atoms with Crippen LogP contribution in [0.4, 0.5) is 0 Å². The maximum absolute atomic E-state index is 3.99. The Balaban J connectivity index is 1.78. The zero-order valence-corrected chi connectivity index (χ0v) is 12.4. The van der Waals surface area contributed by atoms with Crippen molar-refractivity contribution in [3.63, 3.8) is 0 Å². The summed E-state index contributed by atoms with van der Waals surface area (Å²) in [5.74, 6) is 2.25. The maximum Gasteiger partial charge on any atom is 0.0201 e. The molecule has 1 nitrogen and oxygen atoms in total. The Labute approximate surface area is 112 Å². The fourth-order valence-corrected chi connectivity index (χ4v) is 4.70. The summed E-state index contributed by atoms with van der Waals surface area (Å²) in [7, 11) is 0. The van der Waals surface area contributed by atoms with Crippen molar-refractivity contribution in [3.05, 3.63) is 0 Å². The van der Waals surface area contributed by atoms with E-state index in [4.69, 9.17) is 0 Å². The first-order chi connectivity index (χ1) is 8.29. The van der Waals surface area contributed by atoms with Gasteiger partial charge in [0.15, 0.2) is 0 Å². The lowest BCUT2D eigenvalue weighted by Crippen LogP contribution is -2.41. The summed E-state index contributed by atoms with van der Waals surface area (Å²) >= 11 is 2.18. The lowest BCUT2D eigenvalue weighted by atomic mass is 10.0. The predicted octanol–water partition coefficient (Wildman–Crippen LogP) is 4.22. The minimum Gasteiger partial charge on any atom is -0.310 e. The number of rotatable bonds is 4. The van der Waals surface area contributed by atoms with Gasteiger partial charge in [0.2, 0.25) is 0 Å². The third-order valence-corrected chi connectivity index (χ3v) is 5.87. The van der Waals surface area contributed by atoms with Crippen molar-refractivity contribution >= 4 is 11.8 Å². The van der Waals surface area contributed by atoms with E-state index < -0.39 is 0 Å². The van der Waals surface area contributed by atoms with Crippen LogP contribution in [0.2, 0.25) is 0 Å². The van der Waals surface area contributed by atoms with E-state index >= 15 is 0 Å². The Morgan fingerprint density at radius 1 is 1.00 bits per heavy atom. The van der Waals surface area contributed by atoms with Crippen LogP contribution >= 0.6 is 11.8 Å². The Hall–Kier alpha value is 0.310. The second-order valence-electron chi connectivity index (χ2n) is 6.01. The fourth-order valence-electron chi connectivity index (χ4n) is 3.49. The standard InChI is InChI=1S/C15H29NS/c1-3-17-15-9-5-8-14(15)16-13-7-4-6-12(2)10-11-13/h12-16H,3-11H2,1-2H3. The van der Waals surface area contributed by atoms with Gasteiger partial charge in [-0.2, -0.15) is 11.8 Å². The predicted molar refractivity (Wildman–Crippen MR) is 78.7 cm³/mol. The summed E-state index contributed by atoms with van der Waals surface area (Å²) in [5, 5.41) is 4.90. The number of nitrogens with one attached hydrogen (secondary N) is 1. The molecular formula is C15H29NS. The molecule has 2 aliphatic rings. The highest BCUT2D eigenvalue weighted by Crippen LogP contribution is 2.31. The molecule has 100 valence electrons. The largest absolute Gasteiger partial charge is 0.310 e. The summed E-state index contributed by atoms with van der Waals surface area (Å²) in [6, 6.07) is 1.64. The van der Waals surface area contributed by atoms with Gasteiger partial charge in [-0.15, -0.1) is 0 Å². The molecule has 2 saturated carbocycles. The van der Waals surface area contributed by atoms with Crippen molar-refractivity contribution in [1.29, 1.82) is 0 Å². The molecule has 2 heteroatoms. The van der Waals surface area contributed by atoms with Crippen molar-refractivity contribution < 1.29 is 0 Å². The van der Waals surface area contributed by atoms with Crippen molar-refractivity contribution in [2.24, 2.45) is 5.92 Å². The molecule has 4 unspecified atom stereocenters. The van der Waals surface area contributed by atoms with Crippen LogP contribution in [0.15, 0.2) is 0 Å². The van der Waals surface area contributed by atoms with Gasteiger partial charge < -0.3 is 5.32 Å². The normalized spacial score (nSPS) is 39.2. The molecule has 0 aromatic carbocycles. The Bertz CT molecular complexity index is 219. The van der Waals surface area contributed by atoms with E-state index in [2.05, 4.69) is 30.9 Å². The molecule has 0 bridgehead atoms. The SMILES string of the molecule is CCSC1CCCC1NC1CCCC(C)CC1. The van der Waals surface area contributed by atoms with Crippen LogP contribution in [0.5, 0.6) is 0 Å². The quantitative estimate of drug-likeness (QED) is 0.755. The number of thioether (sulfide) groups is 1. The highest BCUT2D eigenvalue weighted by atomic mass is 32.2. The molecule has 0 aromatic heterocycles. The first-order valence-corrected chi connectivity index (χ1v) is 8.72. The van der Waals surface area contributed by atoms with E-state index in [1.807, 2.05) is 0 Å². The van der Waals surface area contributed by atoms with E-state index in [0.29, 0.717) is 0 Å². The van der Waals surface area contributed by atoms with Gasteiger partial charge in [-0.3, -0.25) is 0 Å². The van der Waals surface area contributed by atoms with Crippen LogP contribution in [0.1, 0.15) is 65.2 Å². The van der Waals surface area contributed by atoms with Gasteiger partial charge in [-0.05, 0) is 43.8 Å². The molecule has 0 radical (unpaired) electrons. The van der Waals surface area contributed by atoms with Crippen LogP contribution in [-0.4, -0.2) is 23.1 Å². The monoisotopic (exact) mass is 255 g/mol. The molecule has 0 heterocycles. The molecule has 0 spiro atoms. The van der Waals surface area contributed by atoms with Crippen LogP contribution < -0.4 is 5.32 Å². The second-order valence-corrected chi connectivity index (χ2v) is 7.52. The number of hydrogen-bond acceptors (Lipinski definition) is 2. The van der Waals surface area contributed by atoms with Crippen molar-refractivity contribution in [1.82, 2.24) is 5.32 Å². The van der Waals surface area contributed by atoms with E-state index in [9.17, 15) is 0 Å². The average molecular weight is 255 g/mol. The van der Waals surface area contributed by atoms with Gasteiger partial charge in [0.25, 0.3) is 0 Å². The summed E-state index contributed by atoms with van der Waals surface area (Å²) in [6.07, 6.45) is 11.5. The minimum absolute atomic E-state index is 0.818. The zero-order chi connectivity index (χ0) is 12.1. The molecule has 2 rings (SSSR count). The van der Waals surface area contributed by atoms with E-state index in [-0.39, 0.29) is 0 Å². The average Bonchev–Trinajstić information content (AvgIpc) is 2.63. The lowest BCUT2D eigenvalue weighted by Gasteiger charge is -2.26. The molecule has 0 amide bonds. The molecule has 1 N–H and O–H groups in total. The molecule has 4 atom stereocenters. The molecule has 2 fully saturated rings. The van der Waals surface area contributed by atoms with Crippen LogP contribution in [0.3, 0.4) is 0 Å². The van der Waals surface area contributed by atoms with Gasteiger partial charge in [-0.25, -0.2) is 0 Å². The van der Waals surface area contributed by atoms with Crippen LogP contribution in [0, 0.1) is 5.92 Å². The summed E-state index contributed by atoms with van der Waals surface area (Å²) in [4.78, 5) is 0. The van der Waals surface area contributed by atoms with Crippen molar-refractivity contribution in [3.8, 4) is 0 Å². The smallest absolute Gasteiger partial charge is 0.0201 e. The van der Waals surface area contributed by atoms with E-state index in [1.54, 1.807) is 0 Å². The van der Waals surface area contributed by atoms with Gasteiger partial charge >= 0.3 is 0 Å². The van der Waals surface area contributed by atoms with Crippen molar-refractivity contribution in [2.45, 2.75) is 82.5 Å². The molecule has 0 aromatic rings. The van der Waals surface area contributed by atoms with Gasteiger partial charge in [0.1, 0.15) is 0 Å². The highest BCUT2D eigenvalue weighted by Gasteiger charge is 2.29. The van der Waals surface area contributed by atoms with Gasteiger partial charge in [0, 0.05) is 17.3 Å². The van der Waals surface area contributed by atoms with E-state index in [1.165, 1.54) is 57.1 Å². The topological polar surface area (TPSA) is 12.0 Å². The maximum atomic E-state index is 3.99. The minimum atomic E-state index is 0.818. The third-order valence-electron chi connectivity index (χ3n) is 4.54.